The minimum absolute atomic E-state index is 0.256. The van der Waals surface area contributed by atoms with E-state index in [2.05, 4.69) is 5.32 Å². The molecule has 1 atom stereocenters. The lowest BCUT2D eigenvalue weighted by Gasteiger charge is -2.34. The number of likely N-dealkylation sites (tertiary alicyclic amines) is 1. The monoisotopic (exact) mass is 381 g/mol. The second-order valence-electron chi connectivity index (χ2n) is 6.74. The number of anilines is 2. The molecule has 7 nitrogen and oxygen atoms in total. The summed E-state index contributed by atoms with van der Waals surface area (Å²) < 4.78 is 0. The molecule has 3 rings (SSSR count). The van der Waals surface area contributed by atoms with Crippen LogP contribution in [0.25, 0.3) is 0 Å². The van der Waals surface area contributed by atoms with Gasteiger partial charge in [-0.25, -0.2) is 4.79 Å². The van der Waals surface area contributed by atoms with Crippen LogP contribution in [0, 0.1) is 5.92 Å². The van der Waals surface area contributed by atoms with Gasteiger partial charge in [-0.3, -0.25) is 9.59 Å². The third-order valence-electron chi connectivity index (χ3n) is 4.71. The molecule has 0 bridgehead atoms. The average Bonchev–Trinajstić information content (AvgIpc) is 2.73. The Labute approximate surface area is 163 Å². The maximum Gasteiger partial charge on any atom is 0.323 e. The van der Waals surface area contributed by atoms with Crippen LogP contribution in [0.4, 0.5) is 16.2 Å². The fraction of sp³-hybridized carbons (Fsp3) is 0.286. The van der Waals surface area contributed by atoms with Gasteiger partial charge in [0.1, 0.15) is 6.54 Å². The highest BCUT2D eigenvalue weighted by atomic mass is 16.4. The summed E-state index contributed by atoms with van der Waals surface area (Å²) in [5.41, 5.74) is 1.23. The molecular formula is C21H23N3O4. The van der Waals surface area contributed by atoms with Crippen molar-refractivity contribution in [3.63, 3.8) is 0 Å². The van der Waals surface area contributed by atoms with Crippen molar-refractivity contribution in [3.8, 4) is 0 Å². The van der Waals surface area contributed by atoms with E-state index in [1.54, 1.807) is 41.3 Å². The van der Waals surface area contributed by atoms with Crippen molar-refractivity contribution < 1.29 is 19.5 Å². The summed E-state index contributed by atoms with van der Waals surface area (Å²) in [6.07, 6.45) is 1.31. The van der Waals surface area contributed by atoms with E-state index in [1.165, 1.54) is 4.90 Å². The van der Waals surface area contributed by atoms with Crippen LogP contribution in [-0.4, -0.2) is 47.5 Å². The normalized spacial score (nSPS) is 16.3. The number of para-hydroxylation sites is 2. The molecule has 1 saturated heterocycles. The molecule has 1 heterocycles. The van der Waals surface area contributed by atoms with Gasteiger partial charge in [-0.2, -0.15) is 0 Å². The lowest BCUT2D eigenvalue weighted by atomic mass is 9.96. The molecule has 28 heavy (non-hydrogen) atoms. The number of carboxylic acid groups (broad SMARTS) is 1. The minimum atomic E-state index is -1.08. The number of carbonyl (C=O) groups is 3. The molecular weight excluding hydrogens is 358 g/mol. The number of hydrogen-bond acceptors (Lipinski definition) is 3. The number of hydrogen-bond donors (Lipinski definition) is 2. The molecule has 0 aliphatic carbocycles. The fourth-order valence-electron chi connectivity index (χ4n) is 3.35. The average molecular weight is 381 g/mol. The molecule has 7 heteroatoms. The van der Waals surface area contributed by atoms with Crippen molar-refractivity contribution in [2.45, 2.75) is 12.8 Å². The van der Waals surface area contributed by atoms with Gasteiger partial charge in [0, 0.05) is 24.5 Å². The third kappa shape index (κ3) is 4.88. The van der Waals surface area contributed by atoms with Gasteiger partial charge in [-0.1, -0.05) is 36.4 Å². The summed E-state index contributed by atoms with van der Waals surface area (Å²) in [6.45, 7) is 0.419. The van der Waals surface area contributed by atoms with Crippen molar-refractivity contribution in [3.05, 3.63) is 60.7 Å². The van der Waals surface area contributed by atoms with Crippen LogP contribution in [0.2, 0.25) is 0 Å². The van der Waals surface area contributed by atoms with Crippen LogP contribution in [0.5, 0.6) is 0 Å². The maximum absolute atomic E-state index is 13.1. The summed E-state index contributed by atoms with van der Waals surface area (Å²) in [7, 11) is 0. The van der Waals surface area contributed by atoms with Crippen LogP contribution >= 0.6 is 0 Å². The van der Waals surface area contributed by atoms with E-state index in [4.69, 9.17) is 0 Å². The zero-order valence-corrected chi connectivity index (χ0v) is 15.5. The highest BCUT2D eigenvalue weighted by Gasteiger charge is 2.32. The predicted octanol–water partition coefficient (Wildman–Crippen LogP) is 3.05. The predicted molar refractivity (Wildman–Crippen MR) is 106 cm³/mol. The Balaban J connectivity index is 1.70. The van der Waals surface area contributed by atoms with Gasteiger partial charge >= 0.3 is 12.0 Å². The molecule has 1 unspecified atom stereocenters. The van der Waals surface area contributed by atoms with Gasteiger partial charge in [0.2, 0.25) is 5.91 Å². The van der Waals surface area contributed by atoms with Gasteiger partial charge in [0.25, 0.3) is 0 Å². The first kappa shape index (κ1) is 19.4. The van der Waals surface area contributed by atoms with E-state index < -0.39 is 18.4 Å². The first-order valence-electron chi connectivity index (χ1n) is 9.24. The van der Waals surface area contributed by atoms with Crippen molar-refractivity contribution in [2.75, 3.05) is 29.9 Å². The molecule has 3 amide bonds. The number of carboxylic acids is 1. The van der Waals surface area contributed by atoms with Crippen LogP contribution in [0.3, 0.4) is 0 Å². The van der Waals surface area contributed by atoms with E-state index in [0.717, 1.165) is 0 Å². The van der Waals surface area contributed by atoms with Crippen molar-refractivity contribution in [2.24, 2.45) is 5.92 Å². The zero-order chi connectivity index (χ0) is 19.9. The molecule has 1 fully saturated rings. The van der Waals surface area contributed by atoms with E-state index in [9.17, 15) is 19.5 Å². The summed E-state index contributed by atoms with van der Waals surface area (Å²) in [4.78, 5) is 39.8. The summed E-state index contributed by atoms with van der Waals surface area (Å²) >= 11 is 0. The number of nitrogens with one attached hydrogen (secondary N) is 1. The Bertz CT molecular complexity index is 826. The molecule has 1 aliphatic rings. The number of aliphatic carboxylic acids is 1. The largest absolute Gasteiger partial charge is 0.480 e. The Hall–Kier alpha value is -3.35. The second kappa shape index (κ2) is 9.03. The Morgan fingerprint density at radius 3 is 2.32 bits per heavy atom. The highest BCUT2D eigenvalue weighted by molar-refractivity contribution is 5.99. The van der Waals surface area contributed by atoms with Crippen molar-refractivity contribution >= 4 is 29.3 Å². The third-order valence-corrected chi connectivity index (χ3v) is 4.71. The smallest absolute Gasteiger partial charge is 0.323 e. The summed E-state index contributed by atoms with van der Waals surface area (Å²) in [6, 6.07) is 17.6. The first-order chi connectivity index (χ1) is 13.5. The molecule has 0 aromatic heterocycles. The van der Waals surface area contributed by atoms with E-state index >= 15 is 0 Å². The highest BCUT2D eigenvalue weighted by Crippen LogP contribution is 2.23. The number of amides is 3. The molecule has 2 aromatic carbocycles. The van der Waals surface area contributed by atoms with Gasteiger partial charge < -0.3 is 20.2 Å². The lowest BCUT2D eigenvalue weighted by molar-refractivity contribution is -0.137. The number of rotatable bonds is 5. The second-order valence-corrected chi connectivity index (χ2v) is 6.74. The van der Waals surface area contributed by atoms with E-state index in [0.29, 0.717) is 30.8 Å². The van der Waals surface area contributed by atoms with Gasteiger partial charge in [0.05, 0.1) is 5.92 Å². The summed E-state index contributed by atoms with van der Waals surface area (Å²) in [5.74, 6) is -1.78. The lowest BCUT2D eigenvalue weighted by Crippen LogP contribution is -2.49. The van der Waals surface area contributed by atoms with Crippen LogP contribution in [-0.2, 0) is 9.59 Å². The van der Waals surface area contributed by atoms with Crippen molar-refractivity contribution in [1.29, 1.82) is 0 Å². The van der Waals surface area contributed by atoms with Gasteiger partial charge in [-0.15, -0.1) is 0 Å². The van der Waals surface area contributed by atoms with Crippen molar-refractivity contribution in [1.82, 2.24) is 4.90 Å². The molecule has 2 aromatic rings. The summed E-state index contributed by atoms with van der Waals surface area (Å²) in [5, 5.41) is 12.1. The Kier molecular flexibility index (Phi) is 6.26. The number of piperidine rings is 1. The van der Waals surface area contributed by atoms with Crippen LogP contribution in [0.15, 0.2) is 60.7 Å². The Morgan fingerprint density at radius 1 is 1.04 bits per heavy atom. The SMILES string of the molecule is O=C(O)CN(C(=O)C1CCCN(C(=O)Nc2ccccc2)C1)c1ccccc1. The molecule has 1 aliphatic heterocycles. The maximum atomic E-state index is 13.1. The molecule has 0 radical (unpaired) electrons. The quantitative estimate of drug-likeness (QED) is 0.833. The topological polar surface area (TPSA) is 90.0 Å². The fourth-order valence-corrected chi connectivity index (χ4v) is 3.35. The molecule has 2 N–H and O–H groups in total. The minimum Gasteiger partial charge on any atom is -0.480 e. The van der Waals surface area contributed by atoms with Crippen LogP contribution in [0.1, 0.15) is 12.8 Å². The van der Waals surface area contributed by atoms with Gasteiger partial charge in [0.15, 0.2) is 0 Å². The zero-order valence-electron chi connectivity index (χ0n) is 15.5. The van der Waals surface area contributed by atoms with E-state index in [1.807, 2.05) is 24.3 Å². The number of benzene rings is 2. The van der Waals surface area contributed by atoms with Crippen LogP contribution < -0.4 is 10.2 Å². The Morgan fingerprint density at radius 2 is 1.68 bits per heavy atom. The van der Waals surface area contributed by atoms with Gasteiger partial charge in [-0.05, 0) is 37.1 Å². The molecule has 0 spiro atoms. The number of carbonyl (C=O) groups excluding carboxylic acids is 2. The number of nitrogens with zero attached hydrogens (tertiary/aromatic N) is 2. The number of urea groups is 1. The first-order valence-corrected chi connectivity index (χ1v) is 9.24. The molecule has 0 saturated carbocycles. The van der Waals surface area contributed by atoms with E-state index in [-0.39, 0.29) is 18.5 Å². The molecule has 146 valence electrons. The standard InChI is InChI=1S/C21H23N3O4/c25-19(26)15-24(18-11-5-2-6-12-18)20(27)16-8-7-13-23(14-16)21(28)22-17-9-3-1-4-10-17/h1-6,9-12,16H,7-8,13-15H2,(H,22,28)(H,25,26).